The van der Waals surface area contributed by atoms with Crippen LogP contribution in [0.3, 0.4) is 0 Å². The summed E-state index contributed by atoms with van der Waals surface area (Å²) in [6.45, 7) is 5.03. The van der Waals surface area contributed by atoms with E-state index in [0.717, 1.165) is 19.6 Å². The van der Waals surface area contributed by atoms with Gasteiger partial charge in [0.25, 0.3) is 0 Å². The lowest BCUT2D eigenvalue weighted by Crippen LogP contribution is -2.54. The molecule has 1 rings (SSSR count). The molecule has 13 heavy (non-hydrogen) atoms. The first-order chi connectivity index (χ1) is 6.15. The van der Waals surface area contributed by atoms with Crippen molar-refractivity contribution in [1.82, 2.24) is 9.80 Å². The second kappa shape index (κ2) is 4.58. The monoisotopic (exact) mass is 186 g/mol. The maximum Gasteiger partial charge on any atom is 0.324 e. The molecule has 0 spiro atoms. The Hall–Kier alpha value is -0.610. The Morgan fingerprint density at radius 2 is 2.15 bits per heavy atom. The Balaban J connectivity index is 2.50. The summed E-state index contributed by atoms with van der Waals surface area (Å²) in [6.07, 6.45) is 0. The third kappa shape index (κ3) is 2.67. The Morgan fingerprint density at radius 3 is 2.77 bits per heavy atom. The van der Waals surface area contributed by atoms with Gasteiger partial charge in [0.2, 0.25) is 0 Å². The van der Waals surface area contributed by atoms with Gasteiger partial charge in [0.15, 0.2) is 0 Å². The fourth-order valence-electron chi connectivity index (χ4n) is 1.50. The first-order valence-corrected chi connectivity index (χ1v) is 4.70. The number of nitrogens with zero attached hydrogens (tertiary/aromatic N) is 2. The molecule has 1 heterocycles. The molecule has 76 valence electrons. The summed E-state index contributed by atoms with van der Waals surface area (Å²) in [4.78, 5) is 15.7. The number of esters is 1. The summed E-state index contributed by atoms with van der Waals surface area (Å²) in [7, 11) is 3.99. The highest BCUT2D eigenvalue weighted by Crippen LogP contribution is 2.07. The molecule has 0 aliphatic carbocycles. The zero-order valence-electron chi connectivity index (χ0n) is 8.62. The van der Waals surface area contributed by atoms with Crippen molar-refractivity contribution in [2.75, 3.05) is 40.3 Å². The van der Waals surface area contributed by atoms with Gasteiger partial charge in [0.05, 0.1) is 6.61 Å². The van der Waals surface area contributed by atoms with Gasteiger partial charge in [-0.3, -0.25) is 9.69 Å². The summed E-state index contributed by atoms with van der Waals surface area (Å²) in [5.74, 6) is -0.100. The van der Waals surface area contributed by atoms with Crippen molar-refractivity contribution in [3.8, 4) is 0 Å². The lowest BCUT2D eigenvalue weighted by molar-refractivity contribution is -0.151. The van der Waals surface area contributed by atoms with Crippen molar-refractivity contribution in [3.05, 3.63) is 0 Å². The van der Waals surface area contributed by atoms with Crippen LogP contribution in [0.1, 0.15) is 6.92 Å². The van der Waals surface area contributed by atoms with Crippen LogP contribution in [0.15, 0.2) is 0 Å². The molecule has 1 aliphatic heterocycles. The highest BCUT2D eigenvalue weighted by atomic mass is 16.5. The molecular weight excluding hydrogens is 168 g/mol. The van der Waals surface area contributed by atoms with E-state index >= 15 is 0 Å². The van der Waals surface area contributed by atoms with Gasteiger partial charge in [-0.25, -0.2) is 0 Å². The van der Waals surface area contributed by atoms with E-state index in [1.54, 1.807) is 0 Å². The molecule has 4 heteroatoms. The van der Waals surface area contributed by atoms with Crippen molar-refractivity contribution in [3.63, 3.8) is 0 Å². The minimum Gasteiger partial charge on any atom is -0.465 e. The maximum absolute atomic E-state index is 11.5. The first-order valence-electron chi connectivity index (χ1n) is 4.70. The number of rotatable bonds is 2. The number of likely N-dealkylation sites (N-methyl/N-ethyl adjacent to an activating group) is 2. The summed E-state index contributed by atoms with van der Waals surface area (Å²) >= 11 is 0. The SMILES string of the molecule is CCOC(=O)[C@@H]1CN(C)CCN1C. The van der Waals surface area contributed by atoms with Crippen LogP contribution in [0.25, 0.3) is 0 Å². The van der Waals surface area contributed by atoms with Crippen LogP contribution < -0.4 is 0 Å². The number of carbonyl (C=O) groups excluding carboxylic acids is 1. The van der Waals surface area contributed by atoms with Crippen molar-refractivity contribution < 1.29 is 9.53 Å². The van der Waals surface area contributed by atoms with Crippen molar-refractivity contribution >= 4 is 5.97 Å². The zero-order valence-corrected chi connectivity index (χ0v) is 8.62. The van der Waals surface area contributed by atoms with E-state index in [-0.39, 0.29) is 12.0 Å². The van der Waals surface area contributed by atoms with Crippen LogP contribution >= 0.6 is 0 Å². The Kier molecular flexibility index (Phi) is 3.69. The van der Waals surface area contributed by atoms with Crippen LogP contribution in [-0.4, -0.2) is 62.1 Å². The molecular formula is C9H18N2O2. The third-order valence-corrected chi connectivity index (χ3v) is 2.41. The van der Waals surface area contributed by atoms with E-state index in [2.05, 4.69) is 9.80 Å². The predicted molar refractivity (Wildman–Crippen MR) is 50.5 cm³/mol. The first kappa shape index (κ1) is 10.5. The summed E-state index contributed by atoms with van der Waals surface area (Å²) in [6, 6.07) is -0.0845. The van der Waals surface area contributed by atoms with E-state index in [0.29, 0.717) is 6.61 Å². The molecule has 1 aliphatic rings. The van der Waals surface area contributed by atoms with E-state index in [9.17, 15) is 4.79 Å². The third-order valence-electron chi connectivity index (χ3n) is 2.41. The van der Waals surface area contributed by atoms with E-state index in [4.69, 9.17) is 4.74 Å². The molecule has 1 saturated heterocycles. The number of hydrogen-bond acceptors (Lipinski definition) is 4. The van der Waals surface area contributed by atoms with Gasteiger partial charge < -0.3 is 9.64 Å². The van der Waals surface area contributed by atoms with Gasteiger partial charge in [0, 0.05) is 19.6 Å². The van der Waals surface area contributed by atoms with Crippen LogP contribution in [0, 0.1) is 0 Å². The second-order valence-corrected chi connectivity index (χ2v) is 3.51. The lowest BCUT2D eigenvalue weighted by atomic mass is 10.2. The van der Waals surface area contributed by atoms with Crippen LogP contribution in [-0.2, 0) is 9.53 Å². The predicted octanol–water partition coefficient (Wildman–Crippen LogP) is -0.205. The Bertz CT molecular complexity index is 184. The number of carbonyl (C=O) groups is 1. The molecule has 0 unspecified atom stereocenters. The standard InChI is InChI=1S/C9H18N2O2/c1-4-13-9(12)8-7-10(2)5-6-11(8)3/h8H,4-7H2,1-3H3/t8-/m0/s1. The molecule has 0 aromatic rings. The quantitative estimate of drug-likeness (QED) is 0.559. The fraction of sp³-hybridized carbons (Fsp3) is 0.889. The van der Waals surface area contributed by atoms with Crippen molar-refractivity contribution in [2.45, 2.75) is 13.0 Å². The topological polar surface area (TPSA) is 32.8 Å². The Morgan fingerprint density at radius 1 is 1.46 bits per heavy atom. The molecule has 0 saturated carbocycles. The van der Waals surface area contributed by atoms with Gasteiger partial charge in [-0.2, -0.15) is 0 Å². The normalized spacial score (nSPS) is 25.9. The minimum atomic E-state index is -0.100. The van der Waals surface area contributed by atoms with Crippen molar-refractivity contribution in [2.24, 2.45) is 0 Å². The average molecular weight is 186 g/mol. The molecule has 0 bridgehead atoms. The average Bonchev–Trinajstić information content (AvgIpc) is 2.09. The van der Waals surface area contributed by atoms with E-state index in [1.807, 2.05) is 21.0 Å². The van der Waals surface area contributed by atoms with E-state index < -0.39 is 0 Å². The maximum atomic E-state index is 11.5. The molecule has 0 radical (unpaired) electrons. The second-order valence-electron chi connectivity index (χ2n) is 3.51. The molecule has 0 amide bonds. The minimum absolute atomic E-state index is 0.0845. The lowest BCUT2D eigenvalue weighted by Gasteiger charge is -2.35. The zero-order chi connectivity index (χ0) is 9.84. The van der Waals surface area contributed by atoms with E-state index in [1.165, 1.54) is 0 Å². The fourth-order valence-corrected chi connectivity index (χ4v) is 1.50. The van der Waals surface area contributed by atoms with Gasteiger partial charge >= 0.3 is 5.97 Å². The summed E-state index contributed by atoms with van der Waals surface area (Å²) in [5, 5.41) is 0. The highest BCUT2D eigenvalue weighted by Gasteiger charge is 2.29. The van der Waals surface area contributed by atoms with Crippen LogP contribution in [0.5, 0.6) is 0 Å². The van der Waals surface area contributed by atoms with Crippen molar-refractivity contribution in [1.29, 1.82) is 0 Å². The summed E-state index contributed by atoms with van der Waals surface area (Å²) < 4.78 is 4.99. The van der Waals surface area contributed by atoms with Gasteiger partial charge in [-0.15, -0.1) is 0 Å². The van der Waals surface area contributed by atoms with Crippen LogP contribution in [0.2, 0.25) is 0 Å². The molecule has 0 aromatic heterocycles. The molecule has 0 aromatic carbocycles. The van der Waals surface area contributed by atoms with Gasteiger partial charge in [-0.05, 0) is 21.0 Å². The molecule has 4 nitrogen and oxygen atoms in total. The summed E-state index contributed by atoms with van der Waals surface area (Å²) in [5.41, 5.74) is 0. The molecule has 0 N–H and O–H groups in total. The van der Waals surface area contributed by atoms with Gasteiger partial charge in [-0.1, -0.05) is 0 Å². The molecule has 1 fully saturated rings. The smallest absolute Gasteiger partial charge is 0.324 e. The number of piperazine rings is 1. The largest absolute Gasteiger partial charge is 0.465 e. The van der Waals surface area contributed by atoms with Crippen LogP contribution in [0.4, 0.5) is 0 Å². The number of ether oxygens (including phenoxy) is 1. The van der Waals surface area contributed by atoms with Gasteiger partial charge in [0.1, 0.15) is 6.04 Å². The Labute approximate surface area is 79.4 Å². The highest BCUT2D eigenvalue weighted by molar-refractivity contribution is 5.76. The number of hydrogen-bond donors (Lipinski definition) is 0. The molecule has 1 atom stereocenters.